The van der Waals surface area contributed by atoms with Gasteiger partial charge in [-0.15, -0.1) is 0 Å². The standard InChI is InChI=1S/C15H15ClFN3O2/c1-10-14(18-9-22-10)15(21)20-6-4-19(5-7-20)13-3-2-11(17)8-12(13)16/h2-3,8-9H,4-7H2,1H3. The minimum Gasteiger partial charge on any atom is -0.448 e. The highest BCUT2D eigenvalue weighted by atomic mass is 35.5. The van der Waals surface area contributed by atoms with E-state index in [1.54, 1.807) is 17.9 Å². The fraction of sp³-hybridized carbons (Fsp3) is 0.333. The molecule has 1 amide bonds. The number of hydrogen-bond acceptors (Lipinski definition) is 4. The highest BCUT2D eigenvalue weighted by molar-refractivity contribution is 6.33. The Morgan fingerprint density at radius 3 is 2.64 bits per heavy atom. The van der Waals surface area contributed by atoms with Crippen molar-refractivity contribution in [2.45, 2.75) is 6.92 Å². The number of benzene rings is 1. The first-order valence-electron chi connectivity index (χ1n) is 6.95. The van der Waals surface area contributed by atoms with Crippen LogP contribution in [0.25, 0.3) is 0 Å². The second kappa shape index (κ2) is 5.96. The zero-order valence-corrected chi connectivity index (χ0v) is 12.8. The number of rotatable bonds is 2. The summed E-state index contributed by atoms with van der Waals surface area (Å²) in [6.45, 7) is 4.09. The van der Waals surface area contributed by atoms with E-state index in [-0.39, 0.29) is 11.7 Å². The summed E-state index contributed by atoms with van der Waals surface area (Å²) in [7, 11) is 0. The van der Waals surface area contributed by atoms with E-state index in [4.69, 9.17) is 16.0 Å². The van der Waals surface area contributed by atoms with Crippen LogP contribution in [0.2, 0.25) is 5.02 Å². The minimum absolute atomic E-state index is 0.129. The molecule has 0 atom stereocenters. The smallest absolute Gasteiger partial charge is 0.276 e. The van der Waals surface area contributed by atoms with E-state index >= 15 is 0 Å². The van der Waals surface area contributed by atoms with Gasteiger partial charge in [0.05, 0.1) is 10.7 Å². The van der Waals surface area contributed by atoms with Gasteiger partial charge < -0.3 is 14.2 Å². The quantitative estimate of drug-likeness (QED) is 0.852. The molecule has 22 heavy (non-hydrogen) atoms. The van der Waals surface area contributed by atoms with Crippen LogP contribution in [-0.4, -0.2) is 42.0 Å². The van der Waals surface area contributed by atoms with Gasteiger partial charge in [0.1, 0.15) is 11.6 Å². The summed E-state index contributed by atoms with van der Waals surface area (Å²) in [6, 6.07) is 4.35. The third-order valence-electron chi connectivity index (χ3n) is 3.76. The maximum Gasteiger partial charge on any atom is 0.276 e. The lowest BCUT2D eigenvalue weighted by atomic mass is 10.2. The van der Waals surface area contributed by atoms with E-state index < -0.39 is 0 Å². The van der Waals surface area contributed by atoms with Gasteiger partial charge in [-0.2, -0.15) is 0 Å². The van der Waals surface area contributed by atoms with Crippen LogP contribution in [0.5, 0.6) is 0 Å². The van der Waals surface area contributed by atoms with Crippen molar-refractivity contribution in [3.63, 3.8) is 0 Å². The number of aryl methyl sites for hydroxylation is 1. The van der Waals surface area contributed by atoms with E-state index in [1.165, 1.54) is 18.5 Å². The van der Waals surface area contributed by atoms with Crippen molar-refractivity contribution in [3.05, 3.63) is 46.9 Å². The number of piperazine rings is 1. The lowest BCUT2D eigenvalue weighted by Gasteiger charge is -2.36. The third-order valence-corrected chi connectivity index (χ3v) is 4.07. The fourth-order valence-electron chi connectivity index (χ4n) is 2.55. The van der Waals surface area contributed by atoms with Gasteiger partial charge >= 0.3 is 0 Å². The molecule has 0 saturated carbocycles. The average molecular weight is 324 g/mol. The maximum absolute atomic E-state index is 13.1. The van der Waals surface area contributed by atoms with Crippen molar-refractivity contribution in [1.82, 2.24) is 9.88 Å². The predicted octanol–water partition coefficient (Wildman–Crippen LogP) is 2.74. The summed E-state index contributed by atoms with van der Waals surface area (Å²) in [6.07, 6.45) is 1.27. The number of hydrogen-bond donors (Lipinski definition) is 0. The zero-order valence-electron chi connectivity index (χ0n) is 12.1. The monoisotopic (exact) mass is 323 g/mol. The molecule has 7 heteroatoms. The van der Waals surface area contributed by atoms with Crippen LogP contribution >= 0.6 is 11.6 Å². The summed E-state index contributed by atoms with van der Waals surface area (Å²) >= 11 is 6.08. The molecule has 3 rings (SSSR count). The molecule has 2 heterocycles. The molecule has 1 saturated heterocycles. The molecule has 1 aliphatic heterocycles. The Morgan fingerprint density at radius 2 is 2.05 bits per heavy atom. The van der Waals surface area contributed by atoms with E-state index in [1.807, 2.05) is 4.90 Å². The van der Waals surface area contributed by atoms with Gasteiger partial charge in [-0.25, -0.2) is 9.37 Å². The number of anilines is 1. The molecule has 0 bridgehead atoms. The first-order valence-corrected chi connectivity index (χ1v) is 7.33. The second-order valence-corrected chi connectivity index (χ2v) is 5.54. The third kappa shape index (κ3) is 2.78. The van der Waals surface area contributed by atoms with E-state index in [0.717, 1.165) is 5.69 Å². The average Bonchev–Trinajstić information content (AvgIpc) is 2.93. The molecule has 0 radical (unpaired) electrons. The molecule has 2 aromatic rings. The van der Waals surface area contributed by atoms with Gasteiger partial charge in [0.15, 0.2) is 12.1 Å². The number of carbonyl (C=O) groups is 1. The molecule has 0 aliphatic carbocycles. The predicted molar refractivity (Wildman–Crippen MR) is 80.8 cm³/mol. The summed E-state index contributed by atoms with van der Waals surface area (Å²) in [4.78, 5) is 20.1. The lowest BCUT2D eigenvalue weighted by molar-refractivity contribution is 0.0740. The summed E-state index contributed by atoms with van der Waals surface area (Å²) in [5, 5.41) is 0.382. The van der Waals surface area contributed by atoms with Crippen molar-refractivity contribution in [2.24, 2.45) is 0 Å². The van der Waals surface area contributed by atoms with E-state index in [0.29, 0.717) is 42.7 Å². The highest BCUT2D eigenvalue weighted by Crippen LogP contribution is 2.27. The molecule has 5 nitrogen and oxygen atoms in total. The molecule has 0 spiro atoms. The number of oxazole rings is 1. The Balaban J connectivity index is 1.68. The summed E-state index contributed by atoms with van der Waals surface area (Å²) < 4.78 is 18.2. The number of nitrogens with zero attached hydrogens (tertiary/aromatic N) is 3. The van der Waals surface area contributed by atoms with Crippen LogP contribution in [-0.2, 0) is 0 Å². The van der Waals surface area contributed by atoms with Gasteiger partial charge in [0.25, 0.3) is 5.91 Å². The Labute approximate surface area is 132 Å². The van der Waals surface area contributed by atoms with Crippen LogP contribution in [0.1, 0.15) is 16.2 Å². The Kier molecular flexibility index (Phi) is 4.02. The zero-order chi connectivity index (χ0) is 15.7. The molecule has 0 N–H and O–H groups in total. The summed E-state index contributed by atoms with van der Waals surface area (Å²) in [5.74, 6) is 0.0363. The molecule has 1 aliphatic rings. The molecule has 1 fully saturated rings. The van der Waals surface area contributed by atoms with Crippen molar-refractivity contribution >= 4 is 23.2 Å². The van der Waals surface area contributed by atoms with Gasteiger partial charge in [0, 0.05) is 26.2 Å². The lowest BCUT2D eigenvalue weighted by Crippen LogP contribution is -2.49. The van der Waals surface area contributed by atoms with Gasteiger partial charge in [-0.3, -0.25) is 4.79 Å². The number of halogens is 2. The topological polar surface area (TPSA) is 49.6 Å². The molecule has 0 unspecified atom stereocenters. The van der Waals surface area contributed by atoms with E-state index in [9.17, 15) is 9.18 Å². The van der Waals surface area contributed by atoms with Gasteiger partial charge in [-0.05, 0) is 25.1 Å². The van der Waals surface area contributed by atoms with Crippen molar-refractivity contribution in [1.29, 1.82) is 0 Å². The van der Waals surface area contributed by atoms with Crippen LogP contribution in [0.15, 0.2) is 29.0 Å². The number of carbonyl (C=O) groups excluding carboxylic acids is 1. The first-order chi connectivity index (χ1) is 10.6. The number of amides is 1. The first kappa shape index (κ1) is 14.8. The Hall–Kier alpha value is -2.08. The maximum atomic E-state index is 13.1. The minimum atomic E-state index is -0.357. The highest BCUT2D eigenvalue weighted by Gasteiger charge is 2.26. The van der Waals surface area contributed by atoms with Crippen LogP contribution in [0, 0.1) is 12.7 Å². The molecular weight excluding hydrogens is 309 g/mol. The molecular formula is C15H15ClFN3O2. The Bertz CT molecular complexity index is 696. The second-order valence-electron chi connectivity index (χ2n) is 5.13. The van der Waals surface area contributed by atoms with Crippen LogP contribution in [0.3, 0.4) is 0 Å². The molecule has 116 valence electrons. The van der Waals surface area contributed by atoms with Gasteiger partial charge in [-0.1, -0.05) is 11.6 Å². The Morgan fingerprint density at radius 1 is 1.32 bits per heavy atom. The van der Waals surface area contributed by atoms with Crippen molar-refractivity contribution in [2.75, 3.05) is 31.1 Å². The summed E-state index contributed by atoms with van der Waals surface area (Å²) in [5.41, 5.74) is 1.14. The normalized spacial score (nSPS) is 15.2. The van der Waals surface area contributed by atoms with Crippen molar-refractivity contribution < 1.29 is 13.6 Å². The molecule has 1 aromatic carbocycles. The van der Waals surface area contributed by atoms with Gasteiger partial charge in [0.2, 0.25) is 0 Å². The van der Waals surface area contributed by atoms with Crippen LogP contribution < -0.4 is 4.90 Å². The fourth-order valence-corrected chi connectivity index (χ4v) is 2.84. The largest absolute Gasteiger partial charge is 0.448 e. The molecule has 1 aromatic heterocycles. The number of aromatic nitrogens is 1. The van der Waals surface area contributed by atoms with E-state index in [2.05, 4.69) is 4.98 Å². The van der Waals surface area contributed by atoms with Crippen molar-refractivity contribution in [3.8, 4) is 0 Å². The SMILES string of the molecule is Cc1ocnc1C(=O)N1CCN(c2ccc(F)cc2Cl)CC1. The van der Waals surface area contributed by atoms with Crippen LogP contribution in [0.4, 0.5) is 10.1 Å².